The zero-order valence-corrected chi connectivity index (χ0v) is 10.1. The van der Waals surface area contributed by atoms with E-state index in [-0.39, 0.29) is 0 Å². The second-order valence-electron chi connectivity index (χ2n) is 2.98. The molecule has 1 N–H and O–H groups in total. The molecule has 0 fully saturated rings. The fourth-order valence-corrected chi connectivity index (χ4v) is 3.19. The third-order valence-corrected chi connectivity index (χ3v) is 4.18. The van der Waals surface area contributed by atoms with E-state index < -0.39 is 37.6 Å². The number of anilines is 1. The number of hydrogen-bond acceptors (Lipinski definition) is 5. The molecule has 18 heavy (non-hydrogen) atoms. The van der Waals surface area contributed by atoms with Gasteiger partial charge >= 0.3 is 12.1 Å². The summed E-state index contributed by atoms with van der Waals surface area (Å²) in [7, 11) is -4.02. The molecule has 0 saturated heterocycles. The van der Waals surface area contributed by atoms with Crippen molar-refractivity contribution in [1.82, 2.24) is 0 Å². The number of sulfone groups is 1. The zero-order valence-electron chi connectivity index (χ0n) is 8.48. The summed E-state index contributed by atoms with van der Waals surface area (Å²) < 4.78 is 59.0. The number of nitrogens with one attached hydrogen (secondary N) is 1. The molecule has 0 aliphatic carbocycles. The van der Waals surface area contributed by atoms with Crippen molar-refractivity contribution < 1.29 is 26.4 Å². The Labute approximate surface area is 104 Å². The smallest absolute Gasteiger partial charge is 0.309 e. The average Bonchev–Trinajstić information content (AvgIpc) is 2.64. The van der Waals surface area contributed by atoms with E-state index in [9.17, 15) is 26.4 Å². The summed E-state index contributed by atoms with van der Waals surface area (Å²) in [5.41, 5.74) is 0. The molecule has 1 aromatic heterocycles. The first-order valence-electron chi connectivity index (χ1n) is 4.24. The number of alkyl halides is 3. The summed E-state index contributed by atoms with van der Waals surface area (Å²) in [5.74, 6) is -3.14. The van der Waals surface area contributed by atoms with Gasteiger partial charge in [-0.15, -0.1) is 11.3 Å². The average molecular weight is 298 g/mol. The Bertz CT molecular complexity index is 598. The van der Waals surface area contributed by atoms with Crippen molar-refractivity contribution in [2.75, 3.05) is 11.1 Å². The van der Waals surface area contributed by atoms with Crippen molar-refractivity contribution in [2.24, 2.45) is 0 Å². The Morgan fingerprint density at radius 2 is 2.11 bits per heavy atom. The topological polar surface area (TPSA) is 87.0 Å². The first-order valence-corrected chi connectivity index (χ1v) is 6.77. The SMILES string of the molecule is N#CCS(=O)(=O)c1ccsc1NC(=O)C(F)(F)F. The molecule has 0 aromatic carbocycles. The lowest BCUT2D eigenvalue weighted by molar-refractivity contribution is -0.167. The molecule has 0 radical (unpaired) electrons. The Kier molecular flexibility index (Phi) is 3.98. The zero-order chi connectivity index (χ0) is 14.0. The Balaban J connectivity index is 3.06. The second-order valence-corrected chi connectivity index (χ2v) is 5.86. The van der Waals surface area contributed by atoms with Gasteiger partial charge < -0.3 is 5.32 Å². The van der Waals surface area contributed by atoms with Crippen molar-refractivity contribution in [3.63, 3.8) is 0 Å². The number of carbonyl (C=O) groups is 1. The van der Waals surface area contributed by atoms with E-state index >= 15 is 0 Å². The highest BCUT2D eigenvalue weighted by Gasteiger charge is 2.39. The van der Waals surface area contributed by atoms with E-state index in [0.717, 1.165) is 6.07 Å². The van der Waals surface area contributed by atoms with Crippen LogP contribution in [0.3, 0.4) is 0 Å². The van der Waals surface area contributed by atoms with Gasteiger partial charge in [0.25, 0.3) is 0 Å². The molecule has 98 valence electrons. The van der Waals surface area contributed by atoms with Gasteiger partial charge in [0.2, 0.25) is 0 Å². The van der Waals surface area contributed by atoms with E-state index in [2.05, 4.69) is 0 Å². The minimum absolute atomic E-state index is 0.451. The second kappa shape index (κ2) is 4.95. The minimum atomic E-state index is -5.11. The summed E-state index contributed by atoms with van der Waals surface area (Å²) in [6.07, 6.45) is -5.11. The van der Waals surface area contributed by atoms with Crippen LogP contribution in [0.25, 0.3) is 0 Å². The fraction of sp³-hybridized carbons (Fsp3) is 0.250. The summed E-state index contributed by atoms with van der Waals surface area (Å²) in [6.45, 7) is 0. The molecule has 5 nitrogen and oxygen atoms in total. The maximum absolute atomic E-state index is 12.0. The van der Waals surface area contributed by atoms with Gasteiger partial charge in [0.05, 0.1) is 6.07 Å². The van der Waals surface area contributed by atoms with E-state index in [1.165, 1.54) is 16.8 Å². The number of halogens is 3. The van der Waals surface area contributed by atoms with Gasteiger partial charge in [-0.2, -0.15) is 18.4 Å². The molecule has 0 atom stereocenters. The maximum Gasteiger partial charge on any atom is 0.471 e. The van der Waals surface area contributed by atoms with Gasteiger partial charge in [0, 0.05) is 0 Å². The van der Waals surface area contributed by atoms with Gasteiger partial charge in [0.15, 0.2) is 9.84 Å². The van der Waals surface area contributed by atoms with Crippen LogP contribution in [-0.2, 0) is 14.6 Å². The third-order valence-electron chi connectivity index (χ3n) is 1.70. The molecular weight excluding hydrogens is 293 g/mol. The lowest BCUT2D eigenvalue weighted by Crippen LogP contribution is -2.30. The predicted molar refractivity (Wildman–Crippen MR) is 56.7 cm³/mol. The molecule has 1 rings (SSSR count). The molecule has 0 unspecified atom stereocenters. The number of nitrogens with zero attached hydrogens (tertiary/aromatic N) is 1. The van der Waals surface area contributed by atoms with Crippen molar-refractivity contribution >= 4 is 32.1 Å². The number of hydrogen-bond donors (Lipinski definition) is 1. The van der Waals surface area contributed by atoms with Crippen molar-refractivity contribution in [3.05, 3.63) is 11.4 Å². The van der Waals surface area contributed by atoms with Gasteiger partial charge in [0.1, 0.15) is 15.6 Å². The van der Waals surface area contributed by atoms with Crippen LogP contribution in [0.4, 0.5) is 18.2 Å². The lowest BCUT2D eigenvalue weighted by Gasteiger charge is -2.07. The molecule has 0 aliphatic rings. The largest absolute Gasteiger partial charge is 0.471 e. The molecular formula is C8H5F3N2O3S2. The van der Waals surface area contributed by atoms with Crippen LogP contribution in [0.2, 0.25) is 0 Å². The van der Waals surface area contributed by atoms with Crippen LogP contribution >= 0.6 is 11.3 Å². The van der Waals surface area contributed by atoms with Crippen LogP contribution in [0.1, 0.15) is 0 Å². The Hall–Kier alpha value is -1.60. The summed E-state index contributed by atoms with van der Waals surface area (Å²) >= 11 is 0.626. The molecule has 0 spiro atoms. The van der Waals surface area contributed by atoms with Crippen LogP contribution in [0.15, 0.2) is 16.3 Å². The van der Waals surface area contributed by atoms with Crippen molar-refractivity contribution in [3.8, 4) is 6.07 Å². The van der Waals surface area contributed by atoms with Gasteiger partial charge in [-0.3, -0.25) is 4.79 Å². The monoisotopic (exact) mass is 298 g/mol. The fourth-order valence-electron chi connectivity index (χ4n) is 0.970. The van der Waals surface area contributed by atoms with E-state index in [1.807, 2.05) is 0 Å². The van der Waals surface area contributed by atoms with Crippen molar-refractivity contribution in [2.45, 2.75) is 11.1 Å². The molecule has 1 heterocycles. The highest BCUT2D eigenvalue weighted by atomic mass is 32.2. The molecule has 0 aliphatic heterocycles. The maximum atomic E-state index is 12.0. The van der Waals surface area contributed by atoms with E-state index in [0.29, 0.717) is 11.3 Å². The summed E-state index contributed by atoms with van der Waals surface area (Å²) in [4.78, 5) is 10.2. The molecule has 1 aromatic rings. The van der Waals surface area contributed by atoms with E-state index in [4.69, 9.17) is 5.26 Å². The predicted octanol–water partition coefficient (Wildman–Crippen LogP) is 1.55. The standard InChI is InChI=1S/C8H5F3N2O3S2/c9-8(10,11)7(14)13-6-5(1-3-17-6)18(15,16)4-2-12/h1,3H,4H2,(H,13,14). The van der Waals surface area contributed by atoms with E-state index in [1.54, 1.807) is 0 Å². The molecule has 1 amide bonds. The van der Waals surface area contributed by atoms with Gasteiger partial charge in [-0.05, 0) is 11.4 Å². The van der Waals surface area contributed by atoms with Crippen LogP contribution in [-0.4, -0.2) is 26.3 Å². The number of nitriles is 1. The number of rotatable bonds is 3. The van der Waals surface area contributed by atoms with Crippen LogP contribution in [0, 0.1) is 11.3 Å². The third kappa shape index (κ3) is 3.21. The minimum Gasteiger partial charge on any atom is -0.309 e. The highest BCUT2D eigenvalue weighted by Crippen LogP contribution is 2.30. The molecule has 0 bridgehead atoms. The number of carbonyl (C=O) groups excluding carboxylic acids is 1. The quantitative estimate of drug-likeness (QED) is 0.917. The van der Waals surface area contributed by atoms with Crippen molar-refractivity contribution in [1.29, 1.82) is 5.26 Å². The molecule has 10 heteroatoms. The first-order chi connectivity index (χ1) is 8.18. The van der Waals surface area contributed by atoms with Crippen LogP contribution < -0.4 is 5.32 Å². The first kappa shape index (κ1) is 14.5. The molecule has 0 saturated carbocycles. The Morgan fingerprint density at radius 1 is 1.50 bits per heavy atom. The number of amides is 1. The van der Waals surface area contributed by atoms with Gasteiger partial charge in [-0.1, -0.05) is 0 Å². The highest BCUT2D eigenvalue weighted by molar-refractivity contribution is 7.92. The Morgan fingerprint density at radius 3 is 2.61 bits per heavy atom. The number of thiophene rings is 1. The van der Waals surface area contributed by atoms with Crippen LogP contribution in [0.5, 0.6) is 0 Å². The normalized spacial score (nSPS) is 11.9. The summed E-state index contributed by atoms with van der Waals surface area (Å²) in [6, 6.07) is 2.42. The summed E-state index contributed by atoms with van der Waals surface area (Å²) in [5, 5.41) is 10.5. The lowest BCUT2D eigenvalue weighted by atomic mass is 10.5. The van der Waals surface area contributed by atoms with Gasteiger partial charge in [-0.25, -0.2) is 8.42 Å².